The lowest BCUT2D eigenvalue weighted by atomic mass is 9.97. The van der Waals surface area contributed by atoms with Gasteiger partial charge in [-0.15, -0.1) is 0 Å². The monoisotopic (exact) mass is 378 g/mol. The Balaban J connectivity index is 1.64. The van der Waals surface area contributed by atoms with Crippen molar-refractivity contribution >= 4 is 11.8 Å². The van der Waals surface area contributed by atoms with Crippen LogP contribution in [0.3, 0.4) is 0 Å². The first kappa shape index (κ1) is 21.9. The minimum absolute atomic E-state index is 0.0747. The summed E-state index contributed by atoms with van der Waals surface area (Å²) in [6.07, 6.45) is 9.31. The van der Waals surface area contributed by atoms with Gasteiger partial charge in [0.05, 0.1) is 13.1 Å². The number of amides is 2. The topological polar surface area (TPSA) is 64.7 Å². The Morgan fingerprint density at radius 3 is 2.22 bits per heavy atom. The lowest BCUT2D eigenvalue weighted by Gasteiger charge is -2.25. The number of nitrogens with one attached hydrogen (secondary N) is 2. The maximum atomic E-state index is 12.2. The van der Waals surface area contributed by atoms with Crippen LogP contribution in [0.2, 0.25) is 0 Å². The normalized spacial score (nSPS) is 19.9. The highest BCUT2D eigenvalue weighted by Gasteiger charge is 2.20. The summed E-state index contributed by atoms with van der Waals surface area (Å²) in [5.74, 6) is 0.191. The molecule has 0 aromatic rings. The highest BCUT2D eigenvalue weighted by molar-refractivity contribution is 5.79. The summed E-state index contributed by atoms with van der Waals surface area (Å²) in [6, 6.07) is 0. The molecule has 6 nitrogen and oxygen atoms in total. The molecule has 2 amide bonds. The van der Waals surface area contributed by atoms with Crippen molar-refractivity contribution in [2.45, 2.75) is 64.8 Å². The van der Waals surface area contributed by atoms with Gasteiger partial charge in [-0.25, -0.2) is 0 Å². The summed E-state index contributed by atoms with van der Waals surface area (Å²) >= 11 is 0. The Morgan fingerprint density at radius 2 is 1.63 bits per heavy atom. The van der Waals surface area contributed by atoms with E-state index in [0.29, 0.717) is 13.1 Å². The predicted octanol–water partition coefficient (Wildman–Crippen LogP) is 1.92. The molecule has 1 heterocycles. The molecule has 0 aromatic carbocycles. The fraction of sp³-hybridized carbons (Fsp3) is 0.810. The summed E-state index contributed by atoms with van der Waals surface area (Å²) < 4.78 is 0. The molecule has 0 saturated carbocycles. The number of rotatable bonds is 7. The summed E-state index contributed by atoms with van der Waals surface area (Å²) in [6.45, 7) is 11.1. The van der Waals surface area contributed by atoms with Crippen LogP contribution >= 0.6 is 0 Å². The van der Waals surface area contributed by atoms with Gasteiger partial charge < -0.3 is 10.6 Å². The van der Waals surface area contributed by atoms with E-state index in [-0.39, 0.29) is 17.4 Å². The molecule has 1 aliphatic heterocycles. The first-order chi connectivity index (χ1) is 12.8. The van der Waals surface area contributed by atoms with E-state index < -0.39 is 0 Å². The number of nitrogens with zero attached hydrogens (tertiary/aromatic N) is 2. The van der Waals surface area contributed by atoms with Gasteiger partial charge in [-0.1, -0.05) is 11.6 Å². The van der Waals surface area contributed by atoms with Gasteiger partial charge in [-0.2, -0.15) is 0 Å². The van der Waals surface area contributed by atoms with E-state index in [1.807, 2.05) is 20.8 Å². The Bertz CT molecular complexity index is 525. The largest absolute Gasteiger partial charge is 0.355 e. The molecule has 2 rings (SSSR count). The number of carbonyl (C=O) groups is 2. The Hall–Kier alpha value is -1.40. The Labute approximate surface area is 164 Å². The Kier molecular flexibility index (Phi) is 8.77. The maximum Gasteiger partial charge on any atom is 0.234 e. The molecular formula is C21H38N4O2. The van der Waals surface area contributed by atoms with Crippen molar-refractivity contribution in [3.8, 4) is 0 Å². The molecule has 0 bridgehead atoms. The van der Waals surface area contributed by atoms with E-state index in [2.05, 4.69) is 26.5 Å². The minimum Gasteiger partial charge on any atom is -0.355 e. The van der Waals surface area contributed by atoms with Crippen LogP contribution in [0.25, 0.3) is 0 Å². The average molecular weight is 379 g/mol. The predicted molar refractivity (Wildman–Crippen MR) is 110 cm³/mol. The molecular weight excluding hydrogens is 340 g/mol. The maximum absolute atomic E-state index is 12.2. The molecule has 6 heteroatoms. The molecule has 1 aliphatic carbocycles. The van der Waals surface area contributed by atoms with Crippen LogP contribution in [-0.4, -0.2) is 73.0 Å². The standard InChI is InChI=1S/C21H38N4O2/c1-21(2,3)23-20(27)17-25-13-7-12-24(14-15-25)16-19(26)22-11-10-18-8-5-4-6-9-18/h8H,4-7,9-17H2,1-3H3,(H,22,26)(H,23,27). The van der Waals surface area contributed by atoms with Crippen LogP contribution in [0.5, 0.6) is 0 Å². The lowest BCUT2D eigenvalue weighted by molar-refractivity contribution is -0.124. The van der Waals surface area contributed by atoms with E-state index in [9.17, 15) is 9.59 Å². The van der Waals surface area contributed by atoms with Crippen molar-refractivity contribution in [3.63, 3.8) is 0 Å². The van der Waals surface area contributed by atoms with Crippen LogP contribution < -0.4 is 10.6 Å². The zero-order chi connectivity index (χ0) is 19.7. The van der Waals surface area contributed by atoms with E-state index >= 15 is 0 Å². The lowest BCUT2D eigenvalue weighted by Crippen LogP contribution is -2.46. The van der Waals surface area contributed by atoms with E-state index in [4.69, 9.17) is 0 Å². The highest BCUT2D eigenvalue weighted by atomic mass is 16.2. The summed E-state index contributed by atoms with van der Waals surface area (Å²) in [4.78, 5) is 28.7. The molecule has 0 atom stereocenters. The number of carbonyl (C=O) groups excluding carboxylic acids is 2. The van der Waals surface area contributed by atoms with Crippen LogP contribution in [0, 0.1) is 0 Å². The molecule has 1 fully saturated rings. The zero-order valence-electron chi connectivity index (χ0n) is 17.5. The number of hydrogen-bond acceptors (Lipinski definition) is 4. The van der Waals surface area contributed by atoms with Gasteiger partial charge in [0.1, 0.15) is 0 Å². The molecule has 154 valence electrons. The van der Waals surface area contributed by atoms with Gasteiger partial charge in [0, 0.05) is 25.2 Å². The second-order valence-corrected chi connectivity index (χ2v) is 8.91. The summed E-state index contributed by atoms with van der Waals surface area (Å²) in [7, 11) is 0. The second kappa shape index (κ2) is 10.8. The number of hydrogen-bond donors (Lipinski definition) is 2. The number of allylic oxidation sites excluding steroid dienone is 1. The van der Waals surface area contributed by atoms with Crippen LogP contribution in [0.15, 0.2) is 11.6 Å². The third-order valence-electron chi connectivity index (χ3n) is 5.08. The molecule has 0 unspecified atom stereocenters. The van der Waals surface area contributed by atoms with E-state index in [1.54, 1.807) is 0 Å². The highest BCUT2D eigenvalue weighted by Crippen LogP contribution is 2.19. The molecule has 27 heavy (non-hydrogen) atoms. The Morgan fingerprint density at radius 1 is 0.963 bits per heavy atom. The minimum atomic E-state index is -0.194. The average Bonchev–Trinajstić information content (AvgIpc) is 2.79. The molecule has 2 N–H and O–H groups in total. The molecule has 0 spiro atoms. The van der Waals surface area contributed by atoms with Gasteiger partial charge in [0.15, 0.2) is 0 Å². The van der Waals surface area contributed by atoms with Crippen molar-refractivity contribution < 1.29 is 9.59 Å². The van der Waals surface area contributed by atoms with Crippen molar-refractivity contribution in [1.29, 1.82) is 0 Å². The van der Waals surface area contributed by atoms with Gasteiger partial charge >= 0.3 is 0 Å². The fourth-order valence-electron chi connectivity index (χ4n) is 3.75. The van der Waals surface area contributed by atoms with E-state index in [1.165, 1.54) is 31.3 Å². The molecule has 2 aliphatic rings. The van der Waals surface area contributed by atoms with Crippen LogP contribution in [0.4, 0.5) is 0 Å². The third-order valence-corrected chi connectivity index (χ3v) is 5.08. The smallest absolute Gasteiger partial charge is 0.234 e. The van der Waals surface area contributed by atoms with Gasteiger partial charge in [-0.3, -0.25) is 19.4 Å². The van der Waals surface area contributed by atoms with Crippen LogP contribution in [-0.2, 0) is 9.59 Å². The van der Waals surface area contributed by atoms with Crippen molar-refractivity contribution in [3.05, 3.63) is 11.6 Å². The quantitative estimate of drug-likeness (QED) is 0.665. The zero-order valence-corrected chi connectivity index (χ0v) is 17.5. The van der Waals surface area contributed by atoms with Gasteiger partial charge in [-0.05, 0) is 72.4 Å². The SMILES string of the molecule is CC(C)(C)NC(=O)CN1CCCN(CC(=O)NCCC2=CCCCC2)CC1. The fourth-order valence-corrected chi connectivity index (χ4v) is 3.75. The van der Waals surface area contributed by atoms with Crippen molar-refractivity contribution in [2.75, 3.05) is 45.8 Å². The summed E-state index contributed by atoms with van der Waals surface area (Å²) in [5.41, 5.74) is 1.31. The third kappa shape index (κ3) is 9.38. The molecule has 1 saturated heterocycles. The molecule has 0 aromatic heterocycles. The van der Waals surface area contributed by atoms with Crippen LogP contribution in [0.1, 0.15) is 59.3 Å². The van der Waals surface area contributed by atoms with Gasteiger partial charge in [0.2, 0.25) is 11.8 Å². The second-order valence-electron chi connectivity index (χ2n) is 8.91. The van der Waals surface area contributed by atoms with E-state index in [0.717, 1.165) is 45.6 Å². The summed E-state index contributed by atoms with van der Waals surface area (Å²) in [5, 5.41) is 6.09. The molecule has 0 radical (unpaired) electrons. The first-order valence-corrected chi connectivity index (χ1v) is 10.5. The van der Waals surface area contributed by atoms with Crippen molar-refractivity contribution in [2.24, 2.45) is 0 Å². The first-order valence-electron chi connectivity index (χ1n) is 10.5. The van der Waals surface area contributed by atoms with Gasteiger partial charge in [0.25, 0.3) is 0 Å². The van der Waals surface area contributed by atoms with Crippen molar-refractivity contribution in [1.82, 2.24) is 20.4 Å².